The molecular weight excluding hydrogens is 172 g/mol. The minimum atomic E-state index is 0.578. The molecule has 1 aliphatic rings. The van der Waals surface area contributed by atoms with E-state index in [4.69, 9.17) is 0 Å². The van der Waals surface area contributed by atoms with Gasteiger partial charge < -0.3 is 5.11 Å². The molecule has 0 saturated carbocycles. The molecule has 76 valence electrons. The number of fused-ring (bicyclic) bond motifs is 1. The molecule has 0 aromatic heterocycles. The Bertz CT molecular complexity index is 341. The molecule has 1 aliphatic carbocycles. The van der Waals surface area contributed by atoms with Gasteiger partial charge >= 0.3 is 0 Å². The van der Waals surface area contributed by atoms with E-state index in [9.17, 15) is 5.11 Å². The van der Waals surface area contributed by atoms with Crippen molar-refractivity contribution < 1.29 is 5.11 Å². The van der Waals surface area contributed by atoms with Crippen molar-refractivity contribution in [2.45, 2.75) is 45.4 Å². The summed E-state index contributed by atoms with van der Waals surface area (Å²) in [7, 11) is 0. The predicted octanol–water partition coefficient (Wildman–Crippen LogP) is 3.39. The van der Waals surface area contributed by atoms with E-state index in [1.807, 2.05) is 0 Å². The van der Waals surface area contributed by atoms with Crippen LogP contribution in [0.4, 0.5) is 0 Å². The fourth-order valence-electron chi connectivity index (χ4n) is 2.23. The maximum absolute atomic E-state index is 9.97. The zero-order valence-electron chi connectivity index (χ0n) is 9.01. The number of phenols is 1. The Hall–Kier alpha value is -0.980. The van der Waals surface area contributed by atoms with Crippen LogP contribution in [0, 0.1) is 0 Å². The lowest BCUT2D eigenvalue weighted by Gasteiger charge is -2.28. The van der Waals surface area contributed by atoms with Crippen LogP contribution in [0.25, 0.3) is 0 Å². The van der Waals surface area contributed by atoms with Crippen LogP contribution in [-0.4, -0.2) is 5.11 Å². The molecule has 0 amide bonds. The first kappa shape index (κ1) is 9.57. The summed E-state index contributed by atoms with van der Waals surface area (Å²) in [5.41, 5.74) is 3.69. The van der Waals surface area contributed by atoms with Gasteiger partial charge in [0.15, 0.2) is 0 Å². The summed E-state index contributed by atoms with van der Waals surface area (Å²) >= 11 is 0. The van der Waals surface area contributed by atoms with Crippen LogP contribution in [0.2, 0.25) is 0 Å². The summed E-state index contributed by atoms with van der Waals surface area (Å²) in [6, 6.07) is 4.29. The molecule has 1 heteroatoms. The van der Waals surface area contributed by atoms with Gasteiger partial charge in [0, 0.05) is 0 Å². The molecule has 0 fully saturated rings. The first-order chi connectivity index (χ1) is 6.74. The number of phenolic OH excluding ortho intramolecular Hbond substituents is 1. The van der Waals surface area contributed by atoms with Crippen LogP contribution in [0.1, 0.15) is 49.3 Å². The Balaban J connectivity index is 2.23. The number of rotatable bonds is 3. The first-order valence-corrected chi connectivity index (χ1v) is 5.57. The first-order valence-electron chi connectivity index (χ1n) is 5.57. The molecule has 1 aromatic rings. The van der Waals surface area contributed by atoms with E-state index in [2.05, 4.69) is 26.0 Å². The Kier molecular flexibility index (Phi) is 2.49. The highest BCUT2D eigenvalue weighted by Gasteiger charge is 2.25. The van der Waals surface area contributed by atoms with E-state index >= 15 is 0 Å². The van der Waals surface area contributed by atoms with E-state index in [0.29, 0.717) is 11.7 Å². The highest BCUT2D eigenvalue weighted by Crippen LogP contribution is 2.42. The van der Waals surface area contributed by atoms with Gasteiger partial charge in [0.2, 0.25) is 0 Å². The monoisotopic (exact) mass is 190 g/mol. The summed E-state index contributed by atoms with van der Waals surface area (Å²) in [4.78, 5) is 0. The largest absolute Gasteiger partial charge is 0.507 e. The van der Waals surface area contributed by atoms with Gasteiger partial charge in [0.25, 0.3) is 0 Å². The third-order valence-electron chi connectivity index (χ3n) is 3.24. The van der Waals surface area contributed by atoms with Crippen LogP contribution in [-0.2, 0) is 12.8 Å². The third kappa shape index (κ3) is 1.41. The Labute approximate surface area is 85.8 Å². The molecule has 1 aromatic carbocycles. The lowest BCUT2D eigenvalue weighted by molar-refractivity contribution is 0.446. The van der Waals surface area contributed by atoms with E-state index in [1.165, 1.54) is 24.0 Å². The van der Waals surface area contributed by atoms with Gasteiger partial charge in [-0.25, -0.2) is 0 Å². The average Bonchev–Trinajstić information content (AvgIpc) is 2.17. The van der Waals surface area contributed by atoms with Gasteiger partial charge in [-0.15, -0.1) is 0 Å². The van der Waals surface area contributed by atoms with Crippen molar-refractivity contribution in [1.29, 1.82) is 0 Å². The summed E-state index contributed by atoms with van der Waals surface area (Å²) in [5.74, 6) is 1.23. The fraction of sp³-hybridized carbons (Fsp3) is 0.538. The maximum Gasteiger partial charge on any atom is 0.122 e. The summed E-state index contributed by atoms with van der Waals surface area (Å²) in [6.07, 6.45) is 4.43. The van der Waals surface area contributed by atoms with Crippen molar-refractivity contribution in [3.8, 4) is 5.75 Å². The second kappa shape index (κ2) is 3.64. The maximum atomic E-state index is 9.97. The summed E-state index contributed by atoms with van der Waals surface area (Å²) in [5, 5.41) is 9.97. The second-order valence-corrected chi connectivity index (χ2v) is 4.35. The smallest absolute Gasteiger partial charge is 0.122 e. The van der Waals surface area contributed by atoms with Gasteiger partial charge in [0.1, 0.15) is 5.75 Å². The Morgan fingerprint density at radius 2 is 2.21 bits per heavy atom. The molecule has 0 spiro atoms. The number of aryl methyl sites for hydroxylation is 1. The topological polar surface area (TPSA) is 20.2 Å². The molecular formula is C13H18O. The van der Waals surface area contributed by atoms with Gasteiger partial charge in [-0.05, 0) is 41.9 Å². The highest BCUT2D eigenvalue weighted by atomic mass is 16.3. The molecule has 0 bridgehead atoms. The van der Waals surface area contributed by atoms with E-state index in [-0.39, 0.29) is 0 Å². The number of aromatic hydroxyl groups is 1. The fourth-order valence-corrected chi connectivity index (χ4v) is 2.23. The van der Waals surface area contributed by atoms with Crippen molar-refractivity contribution in [3.63, 3.8) is 0 Å². The highest BCUT2D eigenvalue weighted by molar-refractivity contribution is 5.52. The van der Waals surface area contributed by atoms with Crippen LogP contribution < -0.4 is 0 Å². The van der Waals surface area contributed by atoms with Gasteiger partial charge in [-0.3, -0.25) is 0 Å². The third-order valence-corrected chi connectivity index (χ3v) is 3.24. The molecule has 0 saturated heterocycles. The number of unbranched alkanes of at least 4 members (excludes halogenated alkanes) is 1. The Morgan fingerprint density at radius 3 is 2.86 bits per heavy atom. The van der Waals surface area contributed by atoms with Crippen LogP contribution in [0.5, 0.6) is 5.75 Å². The molecule has 1 N–H and O–H groups in total. The molecule has 14 heavy (non-hydrogen) atoms. The van der Waals surface area contributed by atoms with Crippen LogP contribution in [0.15, 0.2) is 12.1 Å². The van der Waals surface area contributed by atoms with Gasteiger partial charge in [-0.1, -0.05) is 32.4 Å². The normalized spacial score (nSPS) is 18.9. The number of benzene rings is 1. The minimum absolute atomic E-state index is 0.578. The SMILES string of the molecule is CCCCc1ccc2c(c1O)CC2C. The molecule has 1 unspecified atom stereocenters. The quantitative estimate of drug-likeness (QED) is 0.774. The Morgan fingerprint density at radius 1 is 1.43 bits per heavy atom. The summed E-state index contributed by atoms with van der Waals surface area (Å²) < 4.78 is 0. The van der Waals surface area contributed by atoms with Crippen molar-refractivity contribution in [3.05, 3.63) is 28.8 Å². The molecule has 1 atom stereocenters. The predicted molar refractivity (Wildman–Crippen MR) is 58.8 cm³/mol. The lowest BCUT2D eigenvalue weighted by atomic mass is 9.77. The number of hydrogen-bond donors (Lipinski definition) is 1. The van der Waals surface area contributed by atoms with E-state index < -0.39 is 0 Å². The van der Waals surface area contributed by atoms with Crippen molar-refractivity contribution in [2.24, 2.45) is 0 Å². The molecule has 0 heterocycles. The number of hydrogen-bond acceptors (Lipinski definition) is 1. The van der Waals surface area contributed by atoms with Crippen molar-refractivity contribution in [1.82, 2.24) is 0 Å². The van der Waals surface area contributed by atoms with E-state index in [1.54, 1.807) is 0 Å². The minimum Gasteiger partial charge on any atom is -0.507 e. The average molecular weight is 190 g/mol. The summed E-state index contributed by atoms with van der Waals surface area (Å²) in [6.45, 7) is 4.40. The van der Waals surface area contributed by atoms with Crippen molar-refractivity contribution in [2.75, 3.05) is 0 Å². The zero-order valence-corrected chi connectivity index (χ0v) is 9.01. The lowest BCUT2D eigenvalue weighted by Crippen LogP contribution is -2.14. The van der Waals surface area contributed by atoms with E-state index in [0.717, 1.165) is 18.4 Å². The van der Waals surface area contributed by atoms with Crippen LogP contribution in [0.3, 0.4) is 0 Å². The zero-order chi connectivity index (χ0) is 10.1. The van der Waals surface area contributed by atoms with Crippen molar-refractivity contribution >= 4 is 0 Å². The molecule has 0 aliphatic heterocycles. The molecule has 2 rings (SSSR count). The van der Waals surface area contributed by atoms with Crippen LogP contribution >= 0.6 is 0 Å². The standard InChI is InChI=1S/C13H18O/c1-3-4-5-10-6-7-11-9(2)8-12(11)13(10)14/h6-7,9,14H,3-5,8H2,1-2H3. The molecule has 0 radical (unpaired) electrons. The molecule has 1 nitrogen and oxygen atoms in total. The second-order valence-electron chi connectivity index (χ2n) is 4.35. The van der Waals surface area contributed by atoms with Gasteiger partial charge in [0.05, 0.1) is 0 Å². The van der Waals surface area contributed by atoms with Gasteiger partial charge in [-0.2, -0.15) is 0 Å².